The molecule has 150 valence electrons. The lowest BCUT2D eigenvalue weighted by Crippen LogP contribution is -2.41. The largest absolute Gasteiger partial charge is 0.416 e. The number of benzene rings is 2. The van der Waals surface area contributed by atoms with Crippen LogP contribution in [0.25, 0.3) is 0 Å². The van der Waals surface area contributed by atoms with Crippen LogP contribution in [0.2, 0.25) is 0 Å². The number of halogens is 3. The Morgan fingerprint density at radius 3 is 2.32 bits per heavy atom. The molecule has 2 aromatic carbocycles. The summed E-state index contributed by atoms with van der Waals surface area (Å²) in [5.41, 5.74) is 2.18. The first-order valence-electron chi connectivity index (χ1n) is 9.60. The summed E-state index contributed by atoms with van der Waals surface area (Å²) in [6.07, 6.45) is -0.759. The van der Waals surface area contributed by atoms with Crippen molar-refractivity contribution in [2.45, 2.75) is 38.8 Å². The zero-order valence-corrected chi connectivity index (χ0v) is 15.9. The van der Waals surface area contributed by atoms with Crippen molar-refractivity contribution in [1.29, 1.82) is 0 Å². The molecule has 0 aliphatic carbocycles. The Bertz CT molecular complexity index is 794. The van der Waals surface area contributed by atoms with Gasteiger partial charge in [0.2, 0.25) is 0 Å². The summed E-state index contributed by atoms with van der Waals surface area (Å²) in [6, 6.07) is 13.0. The van der Waals surface area contributed by atoms with Crippen LogP contribution in [0.1, 0.15) is 36.0 Å². The number of para-hydroxylation sites is 1. The summed E-state index contributed by atoms with van der Waals surface area (Å²) in [4.78, 5) is 14.3. The van der Waals surface area contributed by atoms with Crippen molar-refractivity contribution < 1.29 is 18.0 Å². The molecule has 28 heavy (non-hydrogen) atoms. The van der Waals surface area contributed by atoms with E-state index in [2.05, 4.69) is 5.32 Å². The molecule has 1 heterocycles. The standard InChI is InChI=1S/C22H25F3N2O/c1-16-4-2-3-5-20(16)26-21(28)27-14-12-18(13-15-27)7-6-17-8-10-19(11-9-17)22(23,24)25/h2-5,8-11,18H,6-7,12-15H2,1H3,(H,26,28). The molecule has 2 amide bonds. The van der Waals surface area contributed by atoms with Gasteiger partial charge in [0, 0.05) is 18.8 Å². The summed E-state index contributed by atoms with van der Waals surface area (Å²) < 4.78 is 37.9. The lowest BCUT2D eigenvalue weighted by atomic mass is 9.90. The van der Waals surface area contributed by atoms with E-state index in [1.54, 1.807) is 12.1 Å². The van der Waals surface area contributed by atoms with E-state index in [9.17, 15) is 18.0 Å². The molecule has 1 N–H and O–H groups in total. The predicted molar refractivity (Wildman–Crippen MR) is 104 cm³/mol. The molecule has 6 heteroatoms. The number of carbonyl (C=O) groups is 1. The van der Waals surface area contributed by atoms with E-state index in [1.807, 2.05) is 36.1 Å². The third-order valence-corrected chi connectivity index (χ3v) is 5.41. The van der Waals surface area contributed by atoms with Gasteiger partial charge in [-0.15, -0.1) is 0 Å². The number of urea groups is 1. The topological polar surface area (TPSA) is 32.3 Å². The number of hydrogen-bond acceptors (Lipinski definition) is 1. The maximum atomic E-state index is 12.6. The van der Waals surface area contributed by atoms with Gasteiger partial charge in [-0.1, -0.05) is 30.3 Å². The van der Waals surface area contributed by atoms with E-state index >= 15 is 0 Å². The van der Waals surface area contributed by atoms with E-state index in [4.69, 9.17) is 0 Å². The number of alkyl halides is 3. The zero-order chi connectivity index (χ0) is 20.1. The molecular weight excluding hydrogens is 365 g/mol. The number of piperidine rings is 1. The Morgan fingerprint density at radius 2 is 1.71 bits per heavy atom. The molecule has 0 bridgehead atoms. The summed E-state index contributed by atoms with van der Waals surface area (Å²) in [5, 5.41) is 2.97. The number of anilines is 1. The van der Waals surface area contributed by atoms with Crippen LogP contribution in [0.15, 0.2) is 48.5 Å². The average Bonchev–Trinajstić information content (AvgIpc) is 2.68. The molecule has 1 aliphatic heterocycles. The quantitative estimate of drug-likeness (QED) is 0.694. The highest BCUT2D eigenvalue weighted by Gasteiger charge is 2.30. The Labute approximate surface area is 163 Å². The first-order valence-corrected chi connectivity index (χ1v) is 9.60. The van der Waals surface area contributed by atoms with Crippen molar-refractivity contribution in [1.82, 2.24) is 4.90 Å². The Balaban J connectivity index is 1.44. The molecule has 0 atom stereocenters. The summed E-state index contributed by atoms with van der Waals surface area (Å²) in [7, 11) is 0. The summed E-state index contributed by atoms with van der Waals surface area (Å²) >= 11 is 0. The molecule has 0 unspecified atom stereocenters. The first-order chi connectivity index (χ1) is 13.3. The van der Waals surface area contributed by atoms with Gasteiger partial charge in [0.25, 0.3) is 0 Å². The highest BCUT2D eigenvalue weighted by atomic mass is 19.4. The van der Waals surface area contributed by atoms with Crippen molar-refractivity contribution in [3.05, 3.63) is 65.2 Å². The Morgan fingerprint density at radius 1 is 1.07 bits per heavy atom. The fourth-order valence-corrected chi connectivity index (χ4v) is 3.56. The molecular formula is C22H25F3N2O. The smallest absolute Gasteiger partial charge is 0.325 e. The van der Waals surface area contributed by atoms with Crippen molar-refractivity contribution in [2.75, 3.05) is 18.4 Å². The lowest BCUT2D eigenvalue weighted by molar-refractivity contribution is -0.137. The molecule has 0 saturated carbocycles. The molecule has 1 fully saturated rings. The summed E-state index contributed by atoms with van der Waals surface area (Å²) in [6.45, 7) is 3.37. The van der Waals surface area contributed by atoms with E-state index in [0.717, 1.165) is 54.6 Å². The van der Waals surface area contributed by atoms with Crippen molar-refractivity contribution >= 4 is 11.7 Å². The number of carbonyl (C=O) groups excluding carboxylic acids is 1. The lowest BCUT2D eigenvalue weighted by Gasteiger charge is -2.32. The number of hydrogen-bond donors (Lipinski definition) is 1. The van der Waals surface area contributed by atoms with Crippen molar-refractivity contribution in [3.8, 4) is 0 Å². The third kappa shape index (κ3) is 5.27. The second-order valence-electron chi connectivity index (χ2n) is 7.41. The highest BCUT2D eigenvalue weighted by molar-refractivity contribution is 5.90. The number of rotatable bonds is 4. The number of nitrogens with zero attached hydrogens (tertiary/aromatic N) is 1. The molecule has 3 rings (SSSR count). The molecule has 0 aromatic heterocycles. The van der Waals surface area contributed by atoms with E-state index < -0.39 is 11.7 Å². The fraction of sp³-hybridized carbons (Fsp3) is 0.409. The van der Waals surface area contributed by atoms with E-state index in [1.165, 1.54) is 0 Å². The normalized spacial score (nSPS) is 15.5. The minimum absolute atomic E-state index is 0.0736. The predicted octanol–water partition coefficient (Wildman–Crippen LogP) is 5.89. The monoisotopic (exact) mass is 390 g/mol. The SMILES string of the molecule is Cc1ccccc1NC(=O)N1CCC(CCc2ccc(C(F)(F)F)cc2)CC1. The summed E-state index contributed by atoms with van der Waals surface area (Å²) in [5.74, 6) is 0.491. The van der Waals surface area contributed by atoms with Gasteiger partial charge in [-0.3, -0.25) is 0 Å². The number of likely N-dealkylation sites (tertiary alicyclic amines) is 1. The van der Waals surface area contributed by atoms with Gasteiger partial charge < -0.3 is 10.2 Å². The van der Waals surface area contributed by atoms with Crippen LogP contribution in [0.5, 0.6) is 0 Å². The van der Waals surface area contributed by atoms with Crippen LogP contribution in [-0.2, 0) is 12.6 Å². The van der Waals surface area contributed by atoms with Crippen LogP contribution >= 0.6 is 0 Å². The van der Waals surface area contributed by atoms with Gasteiger partial charge in [-0.25, -0.2) is 4.79 Å². The fourth-order valence-electron chi connectivity index (χ4n) is 3.56. The number of aryl methyl sites for hydroxylation is 2. The molecule has 3 nitrogen and oxygen atoms in total. The van der Waals surface area contributed by atoms with Crippen molar-refractivity contribution in [3.63, 3.8) is 0 Å². The van der Waals surface area contributed by atoms with E-state index in [0.29, 0.717) is 19.0 Å². The Hall–Kier alpha value is -2.50. The van der Waals surface area contributed by atoms with Crippen LogP contribution in [0.3, 0.4) is 0 Å². The van der Waals surface area contributed by atoms with Crippen LogP contribution in [0, 0.1) is 12.8 Å². The van der Waals surface area contributed by atoms with Gasteiger partial charge in [-0.05, 0) is 67.9 Å². The number of amides is 2. The number of nitrogens with one attached hydrogen (secondary N) is 1. The maximum absolute atomic E-state index is 12.6. The molecule has 1 aliphatic rings. The highest BCUT2D eigenvalue weighted by Crippen LogP contribution is 2.30. The van der Waals surface area contributed by atoms with E-state index in [-0.39, 0.29) is 6.03 Å². The maximum Gasteiger partial charge on any atom is 0.416 e. The second-order valence-corrected chi connectivity index (χ2v) is 7.41. The zero-order valence-electron chi connectivity index (χ0n) is 15.9. The minimum atomic E-state index is -4.29. The molecule has 1 saturated heterocycles. The van der Waals surface area contributed by atoms with Gasteiger partial charge in [-0.2, -0.15) is 13.2 Å². The average molecular weight is 390 g/mol. The second kappa shape index (κ2) is 8.67. The van der Waals surface area contributed by atoms with Gasteiger partial charge in [0.15, 0.2) is 0 Å². The van der Waals surface area contributed by atoms with Gasteiger partial charge in [0.05, 0.1) is 5.56 Å². The van der Waals surface area contributed by atoms with Crippen LogP contribution < -0.4 is 5.32 Å². The van der Waals surface area contributed by atoms with Crippen molar-refractivity contribution in [2.24, 2.45) is 5.92 Å². The van der Waals surface area contributed by atoms with Crippen LogP contribution in [-0.4, -0.2) is 24.0 Å². The minimum Gasteiger partial charge on any atom is -0.325 e. The Kier molecular flexibility index (Phi) is 6.27. The molecule has 0 radical (unpaired) electrons. The first kappa shape index (κ1) is 20.2. The van der Waals surface area contributed by atoms with Gasteiger partial charge >= 0.3 is 12.2 Å². The van der Waals surface area contributed by atoms with Crippen LogP contribution in [0.4, 0.5) is 23.7 Å². The van der Waals surface area contributed by atoms with Gasteiger partial charge in [0.1, 0.15) is 0 Å². The molecule has 2 aromatic rings. The third-order valence-electron chi connectivity index (χ3n) is 5.41. The molecule has 0 spiro atoms.